The molecule has 20 heavy (non-hydrogen) atoms. The molecular weight excluding hydrogens is 256 g/mol. The standard InChI is InChI=1S/C16H16O4/c1-19-14-8-4-3-6-12(14)16(18)11-7-5-9-15(20-2)13(11)10-17/h3-9,17H,10H2,1-2H3. The maximum Gasteiger partial charge on any atom is 0.197 e. The minimum Gasteiger partial charge on any atom is -0.496 e. The predicted octanol–water partition coefficient (Wildman–Crippen LogP) is 2.43. The van der Waals surface area contributed by atoms with E-state index in [1.54, 1.807) is 42.5 Å². The van der Waals surface area contributed by atoms with E-state index in [0.29, 0.717) is 28.2 Å². The van der Waals surface area contributed by atoms with Crippen LogP contribution in [0.2, 0.25) is 0 Å². The molecule has 0 saturated heterocycles. The number of carbonyl (C=O) groups excluding carboxylic acids is 1. The van der Waals surface area contributed by atoms with Crippen LogP contribution in [-0.2, 0) is 6.61 Å². The summed E-state index contributed by atoms with van der Waals surface area (Å²) in [5, 5.41) is 9.49. The number of aliphatic hydroxyl groups is 1. The molecule has 0 atom stereocenters. The summed E-state index contributed by atoms with van der Waals surface area (Å²) < 4.78 is 10.4. The first kappa shape index (κ1) is 14.1. The lowest BCUT2D eigenvalue weighted by Crippen LogP contribution is -2.08. The van der Waals surface area contributed by atoms with Crippen molar-refractivity contribution in [2.75, 3.05) is 14.2 Å². The minimum atomic E-state index is -0.264. The zero-order valence-corrected chi connectivity index (χ0v) is 11.4. The Balaban J connectivity index is 2.54. The van der Waals surface area contributed by atoms with Crippen molar-refractivity contribution in [2.45, 2.75) is 6.61 Å². The number of carbonyl (C=O) groups is 1. The van der Waals surface area contributed by atoms with Gasteiger partial charge in [-0.15, -0.1) is 0 Å². The highest BCUT2D eigenvalue weighted by atomic mass is 16.5. The van der Waals surface area contributed by atoms with Crippen molar-refractivity contribution >= 4 is 5.78 Å². The Bertz CT molecular complexity index is 620. The molecule has 0 heterocycles. The first-order valence-corrected chi connectivity index (χ1v) is 6.17. The molecule has 2 aromatic carbocycles. The Morgan fingerprint density at radius 2 is 1.55 bits per heavy atom. The molecular formula is C16H16O4. The second-order valence-electron chi connectivity index (χ2n) is 4.17. The Hall–Kier alpha value is -2.33. The third-order valence-electron chi connectivity index (χ3n) is 3.11. The predicted molar refractivity (Wildman–Crippen MR) is 75.3 cm³/mol. The van der Waals surface area contributed by atoms with Gasteiger partial charge in [0.1, 0.15) is 11.5 Å². The summed E-state index contributed by atoms with van der Waals surface area (Å²) in [6, 6.07) is 12.1. The van der Waals surface area contributed by atoms with E-state index in [1.165, 1.54) is 14.2 Å². The van der Waals surface area contributed by atoms with Gasteiger partial charge in [-0.3, -0.25) is 4.79 Å². The van der Waals surface area contributed by atoms with Crippen molar-refractivity contribution in [3.8, 4) is 11.5 Å². The second kappa shape index (κ2) is 6.21. The van der Waals surface area contributed by atoms with Gasteiger partial charge in [-0.05, 0) is 18.2 Å². The van der Waals surface area contributed by atoms with E-state index in [2.05, 4.69) is 0 Å². The summed E-state index contributed by atoms with van der Waals surface area (Å²) in [6.07, 6.45) is 0. The zero-order chi connectivity index (χ0) is 14.5. The average Bonchev–Trinajstić information content (AvgIpc) is 2.53. The van der Waals surface area contributed by atoms with Gasteiger partial charge in [0.25, 0.3) is 0 Å². The van der Waals surface area contributed by atoms with Crippen molar-refractivity contribution in [1.29, 1.82) is 0 Å². The molecule has 0 unspecified atom stereocenters. The third kappa shape index (κ3) is 2.51. The van der Waals surface area contributed by atoms with Crippen molar-refractivity contribution in [3.63, 3.8) is 0 Å². The number of hydrogen-bond acceptors (Lipinski definition) is 4. The molecule has 0 amide bonds. The van der Waals surface area contributed by atoms with Crippen LogP contribution in [0.1, 0.15) is 21.5 Å². The summed E-state index contributed by atoms with van der Waals surface area (Å²) in [6.45, 7) is -0.264. The SMILES string of the molecule is COc1ccccc1C(=O)c1cccc(OC)c1CO. The minimum absolute atomic E-state index is 0.203. The van der Waals surface area contributed by atoms with Crippen LogP contribution in [0.4, 0.5) is 0 Å². The number of ether oxygens (including phenoxy) is 2. The van der Waals surface area contributed by atoms with Crippen LogP contribution >= 0.6 is 0 Å². The van der Waals surface area contributed by atoms with Crippen LogP contribution in [0, 0.1) is 0 Å². The monoisotopic (exact) mass is 272 g/mol. The van der Waals surface area contributed by atoms with Crippen LogP contribution < -0.4 is 9.47 Å². The van der Waals surface area contributed by atoms with Gasteiger partial charge < -0.3 is 14.6 Å². The van der Waals surface area contributed by atoms with Crippen LogP contribution in [0.5, 0.6) is 11.5 Å². The van der Waals surface area contributed by atoms with E-state index in [9.17, 15) is 9.90 Å². The van der Waals surface area contributed by atoms with Gasteiger partial charge in [0.2, 0.25) is 0 Å². The number of rotatable bonds is 5. The molecule has 0 aliphatic heterocycles. The maximum atomic E-state index is 12.6. The average molecular weight is 272 g/mol. The lowest BCUT2D eigenvalue weighted by molar-refractivity contribution is 0.103. The quantitative estimate of drug-likeness (QED) is 0.849. The van der Waals surface area contributed by atoms with Gasteiger partial charge in [-0.2, -0.15) is 0 Å². The van der Waals surface area contributed by atoms with Gasteiger partial charge in [-0.1, -0.05) is 24.3 Å². The first-order chi connectivity index (χ1) is 9.72. The largest absolute Gasteiger partial charge is 0.496 e. The van der Waals surface area contributed by atoms with E-state index >= 15 is 0 Å². The number of para-hydroxylation sites is 1. The second-order valence-corrected chi connectivity index (χ2v) is 4.17. The van der Waals surface area contributed by atoms with Crippen molar-refractivity contribution < 1.29 is 19.4 Å². The molecule has 0 aliphatic rings. The molecule has 104 valence electrons. The fourth-order valence-corrected chi connectivity index (χ4v) is 2.11. The highest BCUT2D eigenvalue weighted by Gasteiger charge is 2.19. The highest BCUT2D eigenvalue weighted by molar-refractivity contribution is 6.11. The van der Waals surface area contributed by atoms with Crippen LogP contribution in [-0.4, -0.2) is 25.1 Å². The molecule has 4 heteroatoms. The molecule has 1 N–H and O–H groups in total. The summed E-state index contributed by atoms with van der Waals surface area (Å²) >= 11 is 0. The maximum absolute atomic E-state index is 12.6. The lowest BCUT2D eigenvalue weighted by Gasteiger charge is -2.12. The fraction of sp³-hybridized carbons (Fsp3) is 0.188. The van der Waals surface area contributed by atoms with E-state index in [0.717, 1.165) is 0 Å². The third-order valence-corrected chi connectivity index (χ3v) is 3.11. The molecule has 0 spiro atoms. The molecule has 0 fully saturated rings. The Kier molecular flexibility index (Phi) is 4.38. The Morgan fingerprint density at radius 3 is 2.20 bits per heavy atom. The van der Waals surface area contributed by atoms with Gasteiger partial charge in [0.15, 0.2) is 5.78 Å². The van der Waals surface area contributed by atoms with Gasteiger partial charge >= 0.3 is 0 Å². The normalized spacial score (nSPS) is 10.2. The van der Waals surface area contributed by atoms with Crippen molar-refractivity contribution in [2.24, 2.45) is 0 Å². The van der Waals surface area contributed by atoms with Gasteiger partial charge in [0, 0.05) is 11.1 Å². The van der Waals surface area contributed by atoms with Crippen LogP contribution in [0.25, 0.3) is 0 Å². The highest BCUT2D eigenvalue weighted by Crippen LogP contribution is 2.27. The summed E-state index contributed by atoms with van der Waals surface area (Å²) in [5.74, 6) is 0.794. The van der Waals surface area contributed by atoms with E-state index in [1.807, 2.05) is 0 Å². The Labute approximate surface area is 117 Å². The zero-order valence-electron chi connectivity index (χ0n) is 11.4. The molecule has 4 nitrogen and oxygen atoms in total. The van der Waals surface area contributed by atoms with Crippen molar-refractivity contribution in [1.82, 2.24) is 0 Å². The molecule has 0 saturated carbocycles. The van der Waals surface area contributed by atoms with E-state index in [-0.39, 0.29) is 12.4 Å². The van der Waals surface area contributed by atoms with Crippen LogP contribution in [0.3, 0.4) is 0 Å². The Morgan fingerprint density at radius 1 is 0.950 bits per heavy atom. The summed E-state index contributed by atoms with van der Waals surface area (Å²) in [5.41, 5.74) is 1.35. The molecule has 0 aromatic heterocycles. The van der Waals surface area contributed by atoms with Crippen molar-refractivity contribution in [3.05, 3.63) is 59.2 Å². The summed E-state index contributed by atoms with van der Waals surface area (Å²) in [7, 11) is 3.02. The van der Waals surface area contributed by atoms with Gasteiger partial charge in [0.05, 0.1) is 26.4 Å². The first-order valence-electron chi connectivity index (χ1n) is 6.17. The topological polar surface area (TPSA) is 55.8 Å². The number of methoxy groups -OCH3 is 2. The van der Waals surface area contributed by atoms with Crippen LogP contribution in [0.15, 0.2) is 42.5 Å². The molecule has 2 rings (SSSR count). The van der Waals surface area contributed by atoms with Gasteiger partial charge in [-0.25, -0.2) is 0 Å². The molecule has 0 radical (unpaired) electrons. The number of ketones is 1. The van der Waals surface area contributed by atoms with E-state index < -0.39 is 0 Å². The number of benzene rings is 2. The fourth-order valence-electron chi connectivity index (χ4n) is 2.11. The summed E-state index contributed by atoms with van der Waals surface area (Å²) in [4.78, 5) is 12.6. The lowest BCUT2D eigenvalue weighted by atomic mass is 9.97. The number of aliphatic hydroxyl groups excluding tert-OH is 1. The number of hydrogen-bond donors (Lipinski definition) is 1. The smallest absolute Gasteiger partial charge is 0.197 e. The molecule has 0 aliphatic carbocycles. The molecule has 0 bridgehead atoms. The van der Waals surface area contributed by atoms with E-state index in [4.69, 9.17) is 9.47 Å². The molecule has 2 aromatic rings.